The van der Waals surface area contributed by atoms with E-state index >= 15 is 0 Å². The second kappa shape index (κ2) is 5.40. The molecule has 122 valence electrons. The van der Waals surface area contributed by atoms with Gasteiger partial charge in [-0.15, -0.1) is 0 Å². The average molecular weight is 324 g/mol. The first-order valence-corrected chi connectivity index (χ1v) is 6.26. The molecule has 10 nitrogen and oxygen atoms in total. The van der Waals surface area contributed by atoms with Crippen molar-refractivity contribution in [2.75, 3.05) is 0 Å². The first kappa shape index (κ1) is 15.9. The first-order valence-electron chi connectivity index (χ1n) is 6.26. The van der Waals surface area contributed by atoms with Gasteiger partial charge in [0, 0.05) is 5.56 Å². The van der Waals surface area contributed by atoms with Gasteiger partial charge in [0.05, 0.1) is 11.1 Å². The summed E-state index contributed by atoms with van der Waals surface area (Å²) in [4.78, 5) is 39.0. The van der Waals surface area contributed by atoms with Gasteiger partial charge in [-0.3, -0.25) is 9.59 Å². The van der Waals surface area contributed by atoms with Crippen molar-refractivity contribution in [3.63, 3.8) is 0 Å². The number of rotatable bonds is 3. The summed E-state index contributed by atoms with van der Waals surface area (Å²) in [5, 5.41) is 39.6. The Bertz CT molecular complexity index is 781. The van der Waals surface area contributed by atoms with Gasteiger partial charge in [0.2, 0.25) is 17.3 Å². The molecule has 10 heteroatoms. The van der Waals surface area contributed by atoms with E-state index in [0.717, 1.165) is 0 Å². The van der Waals surface area contributed by atoms with Crippen LogP contribution in [-0.4, -0.2) is 38.0 Å². The number of aliphatic hydroxyl groups is 2. The van der Waals surface area contributed by atoms with Crippen LogP contribution < -0.4 is 16.1 Å². The van der Waals surface area contributed by atoms with E-state index in [1.165, 1.54) is 6.92 Å². The lowest BCUT2D eigenvalue weighted by Gasteiger charge is -2.21. The number of hydroxylamine groups is 1. The number of nitrogens with two attached hydrogens (primary N) is 1. The molecule has 0 bridgehead atoms. The van der Waals surface area contributed by atoms with Crippen molar-refractivity contribution in [3.05, 3.63) is 22.4 Å². The van der Waals surface area contributed by atoms with E-state index in [1.807, 2.05) is 0 Å². The third kappa shape index (κ3) is 2.25. The fourth-order valence-electron chi connectivity index (χ4n) is 2.19. The summed E-state index contributed by atoms with van der Waals surface area (Å²) < 4.78 is 0. The van der Waals surface area contributed by atoms with Crippen LogP contribution in [0.5, 0.6) is 17.2 Å². The van der Waals surface area contributed by atoms with E-state index in [2.05, 4.69) is 0 Å². The van der Waals surface area contributed by atoms with Crippen molar-refractivity contribution < 1.29 is 39.6 Å². The topological polar surface area (TPSA) is 179 Å². The number of allylic oxidation sites excluding steroid dienone is 1. The van der Waals surface area contributed by atoms with E-state index < -0.39 is 57.5 Å². The van der Waals surface area contributed by atoms with E-state index in [0.29, 0.717) is 0 Å². The third-order valence-corrected chi connectivity index (χ3v) is 3.22. The largest absolute Gasteiger partial charge is 0.507 e. The average Bonchev–Trinajstić information content (AvgIpc) is 2.50. The van der Waals surface area contributed by atoms with Crippen molar-refractivity contribution in [2.45, 2.75) is 13.3 Å². The quantitative estimate of drug-likeness (QED) is 0.258. The van der Waals surface area contributed by atoms with Gasteiger partial charge in [-0.05, 0) is 6.42 Å². The van der Waals surface area contributed by atoms with Crippen LogP contribution in [0.1, 0.15) is 28.4 Å². The molecule has 0 heterocycles. The Labute approximate surface area is 128 Å². The number of hydrogen-bond donors (Lipinski definition) is 6. The van der Waals surface area contributed by atoms with Crippen molar-refractivity contribution >= 4 is 23.4 Å². The molecule has 2 amide bonds. The van der Waals surface area contributed by atoms with Gasteiger partial charge in [0.15, 0.2) is 11.5 Å². The molecule has 1 aliphatic rings. The molecule has 1 aromatic rings. The Kier molecular flexibility index (Phi) is 3.75. The molecule has 1 aromatic carbocycles. The Balaban J connectivity index is 2.82. The number of Topliss-reactive ketones (excluding diaryl/α,β-unsaturated/α-hetero) is 2. The molecule has 0 radical (unpaired) electrons. The molecule has 7 N–H and O–H groups in total. The number of phenolic OH excluding ortho intramolecular Hbond substituents is 2. The number of aromatic hydroxyl groups is 2. The van der Waals surface area contributed by atoms with E-state index in [9.17, 15) is 34.8 Å². The van der Waals surface area contributed by atoms with Crippen molar-refractivity contribution in [3.8, 4) is 17.2 Å². The molecule has 1 aliphatic carbocycles. The number of phenols is 2. The van der Waals surface area contributed by atoms with Crippen LogP contribution in [0.2, 0.25) is 0 Å². The zero-order valence-electron chi connectivity index (χ0n) is 11.7. The van der Waals surface area contributed by atoms with Crippen LogP contribution in [0.15, 0.2) is 5.76 Å². The Hall–Kier alpha value is -3.43. The molecule has 23 heavy (non-hydrogen) atoms. The number of nitrogens with one attached hydrogen (secondary N) is 1. The van der Waals surface area contributed by atoms with Crippen LogP contribution >= 0.6 is 0 Å². The summed E-state index contributed by atoms with van der Waals surface area (Å²) in [5.41, 5.74) is 5.06. The number of urea groups is 1. The van der Waals surface area contributed by atoms with E-state index in [4.69, 9.17) is 10.6 Å². The number of fused-ring (bicyclic) bond motifs is 1. The second-order valence-corrected chi connectivity index (χ2v) is 4.53. The minimum Gasteiger partial charge on any atom is -0.507 e. The van der Waals surface area contributed by atoms with Gasteiger partial charge in [0.1, 0.15) is 5.75 Å². The number of carbonyl (C=O) groups is 3. The van der Waals surface area contributed by atoms with Crippen LogP contribution in [0.3, 0.4) is 0 Å². The molecule has 0 saturated carbocycles. The maximum atomic E-state index is 11.9. The molecular weight excluding hydrogens is 312 g/mol. The number of benzene rings is 1. The molecule has 0 unspecified atom stereocenters. The van der Waals surface area contributed by atoms with Crippen LogP contribution in [0.4, 0.5) is 4.79 Å². The fraction of sp³-hybridized carbons (Fsp3) is 0.154. The van der Waals surface area contributed by atoms with Crippen LogP contribution in [-0.2, 0) is 11.2 Å². The predicted molar refractivity (Wildman–Crippen MR) is 74.0 cm³/mol. The van der Waals surface area contributed by atoms with E-state index in [1.54, 1.807) is 5.48 Å². The lowest BCUT2D eigenvalue weighted by atomic mass is 9.88. The number of aliphatic hydroxyl groups excluding tert-OH is 2. The van der Waals surface area contributed by atoms with Gasteiger partial charge in [-0.2, -0.15) is 5.48 Å². The highest BCUT2D eigenvalue weighted by molar-refractivity contribution is 6.52. The van der Waals surface area contributed by atoms with Gasteiger partial charge in [0.25, 0.3) is 5.78 Å². The summed E-state index contributed by atoms with van der Waals surface area (Å²) in [7, 11) is 0. The van der Waals surface area contributed by atoms with Crippen molar-refractivity contribution in [2.24, 2.45) is 5.73 Å². The molecule has 0 spiro atoms. The van der Waals surface area contributed by atoms with Gasteiger partial charge < -0.3 is 31.0 Å². The molecule has 0 aromatic heterocycles. The monoisotopic (exact) mass is 324 g/mol. The highest BCUT2D eigenvalue weighted by Gasteiger charge is 2.40. The smallest absolute Gasteiger partial charge is 0.345 e. The summed E-state index contributed by atoms with van der Waals surface area (Å²) >= 11 is 0. The second-order valence-electron chi connectivity index (χ2n) is 4.53. The van der Waals surface area contributed by atoms with Gasteiger partial charge >= 0.3 is 6.03 Å². The predicted octanol–water partition coefficient (Wildman–Crippen LogP) is 0.172. The highest BCUT2D eigenvalue weighted by Crippen LogP contribution is 2.47. The van der Waals surface area contributed by atoms with E-state index in [-0.39, 0.29) is 12.0 Å². The number of amides is 2. The molecule has 0 saturated heterocycles. The Morgan fingerprint density at radius 3 is 2.17 bits per heavy atom. The normalized spacial score (nSPS) is 13.8. The van der Waals surface area contributed by atoms with Gasteiger partial charge in [-0.25, -0.2) is 4.79 Å². The van der Waals surface area contributed by atoms with Gasteiger partial charge in [-0.1, -0.05) is 6.92 Å². The lowest BCUT2D eigenvalue weighted by molar-refractivity contribution is -0.114. The Morgan fingerprint density at radius 1 is 1.04 bits per heavy atom. The molecule has 0 fully saturated rings. The summed E-state index contributed by atoms with van der Waals surface area (Å²) in [5.74, 6) is -7.24. The summed E-state index contributed by atoms with van der Waals surface area (Å²) in [6.45, 7) is 1.53. The minimum absolute atomic E-state index is 0.0282. The lowest BCUT2D eigenvalue weighted by Crippen LogP contribution is -2.33. The zero-order chi connectivity index (χ0) is 17.5. The SMILES string of the molecule is CCc1c(O)c2c(c(O)c1ONC(N)=O)C(O)=C(O)C(=O)C2=O. The highest BCUT2D eigenvalue weighted by atomic mass is 16.7. The molecule has 2 rings (SSSR count). The van der Waals surface area contributed by atoms with Crippen molar-refractivity contribution in [1.29, 1.82) is 0 Å². The number of ketones is 2. The molecule has 0 atom stereocenters. The fourth-order valence-corrected chi connectivity index (χ4v) is 2.19. The maximum absolute atomic E-state index is 11.9. The number of primary amides is 1. The maximum Gasteiger partial charge on any atom is 0.345 e. The first-order chi connectivity index (χ1) is 10.7. The zero-order valence-corrected chi connectivity index (χ0v) is 11.7. The Morgan fingerprint density at radius 2 is 1.65 bits per heavy atom. The molecular formula is C13H12N2O8. The standard InChI is InChI=1S/C13H12N2O8/c1-2-3-6(16)4-5(8(18)11(21)10(20)7(4)17)9(19)12(3)23-15-13(14)22/h16,18-19,21H,2H2,1H3,(H3,14,15,22). The summed E-state index contributed by atoms with van der Waals surface area (Å²) in [6.07, 6.45) is 0.0282. The third-order valence-electron chi connectivity index (χ3n) is 3.22. The number of carbonyl (C=O) groups excluding carboxylic acids is 3. The van der Waals surface area contributed by atoms with Crippen LogP contribution in [0, 0.1) is 0 Å². The molecule has 0 aliphatic heterocycles. The summed E-state index contributed by atoms with van der Waals surface area (Å²) in [6, 6.07) is -1.11. The minimum atomic E-state index is -1.43. The van der Waals surface area contributed by atoms with Crippen LogP contribution in [0.25, 0.3) is 5.76 Å². The number of hydrogen-bond acceptors (Lipinski definition) is 8. The van der Waals surface area contributed by atoms with Crippen molar-refractivity contribution in [1.82, 2.24) is 5.48 Å².